The molecule has 0 unspecified atom stereocenters. The van der Waals surface area contributed by atoms with Gasteiger partial charge in [0.05, 0.1) is 56.8 Å². The largest absolute Gasteiger partial charge is 0.444 e. The van der Waals surface area contributed by atoms with E-state index in [-0.39, 0.29) is 12.0 Å². The van der Waals surface area contributed by atoms with Crippen LogP contribution in [0.5, 0.6) is 0 Å². The third-order valence-electron chi connectivity index (χ3n) is 5.89. The highest BCUT2D eigenvalue weighted by Crippen LogP contribution is 2.37. The molecule has 2 aromatic heterocycles. The van der Waals surface area contributed by atoms with E-state index in [9.17, 15) is 14.9 Å². The lowest BCUT2D eigenvalue weighted by Crippen LogP contribution is -2.39. The Hall–Kier alpha value is -3.72. The van der Waals surface area contributed by atoms with Crippen LogP contribution in [0.15, 0.2) is 42.7 Å². The maximum absolute atomic E-state index is 12.9. The molecule has 11 heteroatoms. The molecule has 0 saturated heterocycles. The number of aromatic nitrogens is 2. The highest BCUT2D eigenvalue weighted by molar-refractivity contribution is 7.16. The van der Waals surface area contributed by atoms with Crippen molar-refractivity contribution in [3.63, 3.8) is 0 Å². The smallest absolute Gasteiger partial charge is 0.410 e. The molecule has 39 heavy (non-hydrogen) atoms. The van der Waals surface area contributed by atoms with E-state index in [0.29, 0.717) is 68.6 Å². The fourth-order valence-electron chi connectivity index (χ4n) is 4.01. The van der Waals surface area contributed by atoms with E-state index in [1.165, 1.54) is 17.5 Å². The molecule has 1 aromatic carbocycles. The molecule has 0 atom stereocenters. The second-order valence-electron chi connectivity index (χ2n) is 10.1. The molecule has 0 bridgehead atoms. The first-order valence-corrected chi connectivity index (χ1v) is 13.6. The summed E-state index contributed by atoms with van der Waals surface area (Å²) in [6, 6.07) is 12.2. The van der Waals surface area contributed by atoms with Crippen LogP contribution in [0.25, 0.3) is 0 Å². The summed E-state index contributed by atoms with van der Waals surface area (Å²) in [7, 11) is 0. The summed E-state index contributed by atoms with van der Waals surface area (Å²) in [5.74, 6) is -0.351. The van der Waals surface area contributed by atoms with Gasteiger partial charge in [0.1, 0.15) is 16.7 Å². The molecule has 3 heterocycles. The Morgan fingerprint density at radius 3 is 2.67 bits per heavy atom. The number of fused-ring (bicyclic) bond motifs is 1. The summed E-state index contributed by atoms with van der Waals surface area (Å²) < 4.78 is 18.3. The molecule has 3 aromatic rings. The average molecular weight is 552 g/mol. The normalized spacial score (nSPS) is 13.0. The summed E-state index contributed by atoms with van der Waals surface area (Å²) in [5.41, 5.74) is 2.23. The van der Waals surface area contributed by atoms with Crippen LogP contribution in [0.1, 0.15) is 52.7 Å². The van der Waals surface area contributed by atoms with E-state index < -0.39 is 5.60 Å². The molecule has 0 spiro atoms. The second-order valence-corrected chi connectivity index (χ2v) is 11.2. The first kappa shape index (κ1) is 28.3. The van der Waals surface area contributed by atoms with Gasteiger partial charge in [-0.2, -0.15) is 10.4 Å². The minimum absolute atomic E-state index is 0.342. The first-order valence-electron chi connectivity index (χ1n) is 12.8. The van der Waals surface area contributed by atoms with Gasteiger partial charge in [0.25, 0.3) is 5.91 Å². The Morgan fingerprint density at radius 2 is 1.92 bits per heavy atom. The van der Waals surface area contributed by atoms with E-state index in [4.69, 9.17) is 14.2 Å². The van der Waals surface area contributed by atoms with Crippen molar-refractivity contribution in [3.8, 4) is 6.07 Å². The number of thiophene rings is 1. The predicted octanol–water partition coefficient (Wildman–Crippen LogP) is 4.60. The number of carbonyl (C=O) groups is 2. The first-order chi connectivity index (χ1) is 18.7. The number of nitrogens with one attached hydrogen (secondary N) is 1. The number of nitriles is 1. The molecule has 1 aliphatic rings. The summed E-state index contributed by atoms with van der Waals surface area (Å²) in [6.07, 6.45) is 3.28. The van der Waals surface area contributed by atoms with Crippen LogP contribution in [0.4, 0.5) is 9.80 Å². The second kappa shape index (κ2) is 12.9. The highest BCUT2D eigenvalue weighted by atomic mass is 32.1. The van der Waals surface area contributed by atoms with Crippen LogP contribution < -0.4 is 5.32 Å². The molecular formula is C28H33N5O5S. The summed E-state index contributed by atoms with van der Waals surface area (Å²) in [6.45, 7) is 8.69. The summed E-state index contributed by atoms with van der Waals surface area (Å²) in [5, 5.41) is 17.3. The van der Waals surface area contributed by atoms with Gasteiger partial charge in [0.2, 0.25) is 0 Å². The van der Waals surface area contributed by atoms with Crippen LogP contribution in [0.3, 0.4) is 0 Å². The van der Waals surface area contributed by atoms with Crippen LogP contribution >= 0.6 is 11.3 Å². The molecular weight excluding hydrogens is 518 g/mol. The fourth-order valence-corrected chi connectivity index (χ4v) is 5.22. The number of amides is 2. The molecule has 10 nitrogen and oxygen atoms in total. The van der Waals surface area contributed by atoms with Crippen LogP contribution in [0.2, 0.25) is 0 Å². The Kier molecular flexibility index (Phi) is 9.35. The molecule has 0 fully saturated rings. The molecule has 0 aliphatic carbocycles. The van der Waals surface area contributed by atoms with Crippen LogP contribution in [-0.4, -0.2) is 58.6 Å². The molecule has 2 amide bonds. The molecule has 0 radical (unpaired) electrons. The fraction of sp³-hybridized carbons (Fsp3) is 0.429. The average Bonchev–Trinajstić information content (AvgIpc) is 3.51. The zero-order valence-corrected chi connectivity index (χ0v) is 23.3. The number of ether oxygens (including phenoxy) is 3. The van der Waals surface area contributed by atoms with Crippen molar-refractivity contribution in [2.75, 3.05) is 31.7 Å². The molecule has 1 N–H and O–H groups in total. The van der Waals surface area contributed by atoms with Crippen molar-refractivity contribution < 1.29 is 23.8 Å². The highest BCUT2D eigenvalue weighted by Gasteiger charge is 2.30. The lowest BCUT2D eigenvalue weighted by atomic mass is 10.0. The SMILES string of the molecule is CC(C)(C)OC(=O)N1CCc2c(sc(NC(=O)c3cnn(CCOCCOCc4ccccc4)c3)c2C#N)C1. The van der Waals surface area contributed by atoms with Crippen molar-refractivity contribution in [1.82, 2.24) is 14.7 Å². The van der Waals surface area contributed by atoms with E-state index >= 15 is 0 Å². The van der Waals surface area contributed by atoms with Gasteiger partial charge < -0.3 is 24.4 Å². The Bertz CT molecular complexity index is 1320. The standard InChI is InChI=1S/C28H33N5O5S/c1-28(2,3)38-27(35)32-10-9-22-23(15-29)26(39-24(22)18-32)31-25(34)21-16-30-33(17-21)11-12-36-13-14-37-19-20-7-5-4-6-8-20/h4-8,16-17H,9-14,18-19H2,1-3H3,(H,31,34). The quantitative estimate of drug-likeness (QED) is 0.366. The number of nitrogens with zero attached hydrogens (tertiary/aromatic N) is 4. The van der Waals surface area contributed by atoms with Crippen molar-refractivity contribution in [3.05, 3.63) is 69.9 Å². The van der Waals surface area contributed by atoms with Gasteiger partial charge in [-0.05, 0) is 38.3 Å². The van der Waals surface area contributed by atoms with Crippen LogP contribution in [-0.2, 0) is 40.3 Å². The lowest BCUT2D eigenvalue weighted by molar-refractivity contribution is 0.0226. The van der Waals surface area contributed by atoms with Gasteiger partial charge in [0.15, 0.2) is 0 Å². The van der Waals surface area contributed by atoms with Gasteiger partial charge in [-0.3, -0.25) is 9.48 Å². The molecule has 4 rings (SSSR count). The van der Waals surface area contributed by atoms with Crippen molar-refractivity contribution in [2.45, 2.75) is 52.5 Å². The van der Waals surface area contributed by atoms with E-state index in [1.54, 1.807) is 15.8 Å². The number of carbonyl (C=O) groups excluding carboxylic acids is 2. The van der Waals surface area contributed by atoms with Gasteiger partial charge in [0, 0.05) is 17.6 Å². The van der Waals surface area contributed by atoms with Crippen molar-refractivity contribution >= 4 is 28.3 Å². The minimum atomic E-state index is -0.586. The van der Waals surface area contributed by atoms with E-state index in [1.807, 2.05) is 51.1 Å². The zero-order valence-electron chi connectivity index (χ0n) is 22.4. The number of hydrogen-bond acceptors (Lipinski definition) is 8. The third-order valence-corrected chi connectivity index (χ3v) is 7.02. The lowest BCUT2D eigenvalue weighted by Gasteiger charge is -2.29. The number of hydrogen-bond donors (Lipinski definition) is 1. The third kappa shape index (κ3) is 7.89. The molecule has 0 saturated carbocycles. The summed E-state index contributed by atoms with van der Waals surface area (Å²) >= 11 is 1.31. The van der Waals surface area contributed by atoms with E-state index in [2.05, 4.69) is 16.5 Å². The maximum Gasteiger partial charge on any atom is 0.410 e. The molecule has 206 valence electrons. The van der Waals surface area contributed by atoms with Gasteiger partial charge in [-0.25, -0.2) is 4.79 Å². The Labute approximate surface area is 232 Å². The monoisotopic (exact) mass is 551 g/mol. The van der Waals surface area contributed by atoms with E-state index in [0.717, 1.165) is 16.0 Å². The van der Waals surface area contributed by atoms with Crippen molar-refractivity contribution in [2.24, 2.45) is 0 Å². The number of anilines is 1. The summed E-state index contributed by atoms with van der Waals surface area (Å²) in [4.78, 5) is 27.9. The number of benzene rings is 1. The molecule has 1 aliphatic heterocycles. The zero-order chi connectivity index (χ0) is 27.8. The Morgan fingerprint density at radius 1 is 1.15 bits per heavy atom. The maximum atomic E-state index is 12.9. The van der Waals surface area contributed by atoms with Gasteiger partial charge in [-0.1, -0.05) is 30.3 Å². The Balaban J connectivity index is 1.25. The minimum Gasteiger partial charge on any atom is -0.444 e. The topological polar surface area (TPSA) is 119 Å². The van der Waals surface area contributed by atoms with Crippen molar-refractivity contribution in [1.29, 1.82) is 5.26 Å². The number of rotatable bonds is 10. The predicted molar refractivity (Wildman–Crippen MR) is 146 cm³/mol. The van der Waals surface area contributed by atoms with Gasteiger partial charge in [-0.15, -0.1) is 11.3 Å². The van der Waals surface area contributed by atoms with Crippen LogP contribution in [0, 0.1) is 11.3 Å². The van der Waals surface area contributed by atoms with Gasteiger partial charge >= 0.3 is 6.09 Å².